The first-order valence-electron chi connectivity index (χ1n) is 5.91. The van der Waals surface area contributed by atoms with Gasteiger partial charge in [-0.25, -0.2) is 4.98 Å². The molecule has 4 heteroatoms. The van der Waals surface area contributed by atoms with E-state index in [2.05, 4.69) is 46.2 Å². The number of nitrogens with one attached hydrogen (secondary N) is 1. The van der Waals surface area contributed by atoms with Gasteiger partial charge in [0.25, 0.3) is 0 Å². The highest BCUT2D eigenvalue weighted by Gasteiger charge is 2.16. The summed E-state index contributed by atoms with van der Waals surface area (Å²) in [6, 6.07) is 4.71. The second-order valence-electron chi connectivity index (χ2n) is 4.57. The van der Waals surface area contributed by atoms with Crippen LogP contribution in [0.2, 0.25) is 0 Å². The van der Waals surface area contributed by atoms with E-state index in [9.17, 15) is 0 Å². The van der Waals surface area contributed by atoms with Crippen LogP contribution in [0.25, 0.3) is 0 Å². The van der Waals surface area contributed by atoms with Gasteiger partial charge in [-0.3, -0.25) is 0 Å². The lowest BCUT2D eigenvalue weighted by Crippen LogP contribution is -2.25. The fraction of sp³-hybridized carbons (Fsp3) is 0.462. The largest absolute Gasteiger partial charge is 0.337 e. The summed E-state index contributed by atoms with van der Waals surface area (Å²) in [5.41, 5.74) is 0. The average molecular weight is 249 g/mol. The molecule has 17 heavy (non-hydrogen) atoms. The van der Waals surface area contributed by atoms with Gasteiger partial charge in [-0.05, 0) is 17.4 Å². The molecule has 0 radical (unpaired) electrons. The number of aryl methyl sites for hydroxylation is 1. The van der Waals surface area contributed by atoms with Crippen molar-refractivity contribution >= 4 is 11.3 Å². The molecule has 0 spiro atoms. The van der Waals surface area contributed by atoms with Crippen LogP contribution < -0.4 is 5.32 Å². The summed E-state index contributed by atoms with van der Waals surface area (Å²) in [5.74, 6) is 1.65. The molecule has 0 aliphatic rings. The van der Waals surface area contributed by atoms with Gasteiger partial charge < -0.3 is 9.88 Å². The van der Waals surface area contributed by atoms with Gasteiger partial charge in [0.05, 0.1) is 6.54 Å². The van der Waals surface area contributed by atoms with Crippen LogP contribution in [0.1, 0.15) is 30.6 Å². The SMILES string of the molecule is CC(C)C(NCc1nccn1C)c1cccs1. The van der Waals surface area contributed by atoms with Crippen LogP contribution in [-0.4, -0.2) is 9.55 Å². The van der Waals surface area contributed by atoms with Crippen molar-refractivity contribution in [2.75, 3.05) is 0 Å². The van der Waals surface area contributed by atoms with E-state index in [1.807, 2.05) is 30.8 Å². The van der Waals surface area contributed by atoms with Crippen LogP contribution in [0, 0.1) is 5.92 Å². The first-order chi connectivity index (χ1) is 8.18. The lowest BCUT2D eigenvalue weighted by atomic mass is 10.0. The average Bonchev–Trinajstić information content (AvgIpc) is 2.91. The summed E-state index contributed by atoms with van der Waals surface area (Å²) in [6.07, 6.45) is 3.82. The summed E-state index contributed by atoms with van der Waals surface area (Å²) < 4.78 is 2.05. The number of nitrogens with zero attached hydrogens (tertiary/aromatic N) is 2. The van der Waals surface area contributed by atoms with Crippen LogP contribution in [-0.2, 0) is 13.6 Å². The van der Waals surface area contributed by atoms with Gasteiger partial charge in [0, 0.05) is 30.4 Å². The number of imidazole rings is 1. The molecule has 0 aliphatic heterocycles. The van der Waals surface area contributed by atoms with E-state index in [1.54, 1.807) is 0 Å². The van der Waals surface area contributed by atoms with Gasteiger partial charge >= 0.3 is 0 Å². The Balaban J connectivity index is 2.02. The Hall–Kier alpha value is -1.13. The number of aromatic nitrogens is 2. The maximum Gasteiger partial charge on any atom is 0.122 e. The first-order valence-corrected chi connectivity index (χ1v) is 6.79. The minimum atomic E-state index is 0.409. The molecule has 0 fully saturated rings. The molecular weight excluding hydrogens is 230 g/mol. The monoisotopic (exact) mass is 249 g/mol. The molecule has 0 aromatic carbocycles. The number of rotatable bonds is 5. The second-order valence-corrected chi connectivity index (χ2v) is 5.55. The Morgan fingerprint density at radius 1 is 1.47 bits per heavy atom. The van der Waals surface area contributed by atoms with Gasteiger partial charge in [0.15, 0.2) is 0 Å². The number of hydrogen-bond donors (Lipinski definition) is 1. The predicted molar refractivity (Wildman–Crippen MR) is 71.9 cm³/mol. The molecule has 0 saturated carbocycles. The lowest BCUT2D eigenvalue weighted by molar-refractivity contribution is 0.409. The van der Waals surface area contributed by atoms with Crippen molar-refractivity contribution in [2.45, 2.75) is 26.4 Å². The highest BCUT2D eigenvalue weighted by Crippen LogP contribution is 2.25. The smallest absolute Gasteiger partial charge is 0.122 e. The van der Waals surface area contributed by atoms with Gasteiger partial charge in [-0.2, -0.15) is 0 Å². The van der Waals surface area contributed by atoms with Crippen LogP contribution in [0.3, 0.4) is 0 Å². The lowest BCUT2D eigenvalue weighted by Gasteiger charge is -2.21. The molecule has 2 aromatic rings. The summed E-state index contributed by atoms with van der Waals surface area (Å²) >= 11 is 1.81. The molecule has 0 amide bonds. The maximum atomic E-state index is 4.33. The highest BCUT2D eigenvalue weighted by molar-refractivity contribution is 7.10. The van der Waals surface area contributed by atoms with E-state index in [0.29, 0.717) is 12.0 Å². The topological polar surface area (TPSA) is 29.9 Å². The summed E-state index contributed by atoms with van der Waals surface area (Å²) in [5, 5.41) is 5.72. The van der Waals surface area contributed by atoms with Crippen LogP contribution in [0.5, 0.6) is 0 Å². The van der Waals surface area contributed by atoms with Gasteiger partial charge in [-0.15, -0.1) is 11.3 Å². The Morgan fingerprint density at radius 2 is 2.29 bits per heavy atom. The Bertz CT molecular complexity index is 445. The molecule has 2 rings (SSSR count). The zero-order chi connectivity index (χ0) is 12.3. The molecule has 1 atom stereocenters. The summed E-state index contributed by atoms with van der Waals surface area (Å²) in [6.45, 7) is 5.30. The Labute approximate surface area is 107 Å². The molecule has 0 aliphatic carbocycles. The van der Waals surface area contributed by atoms with Gasteiger partial charge in [0.1, 0.15) is 5.82 Å². The van der Waals surface area contributed by atoms with Crippen molar-refractivity contribution in [1.82, 2.24) is 14.9 Å². The molecule has 3 nitrogen and oxygen atoms in total. The van der Waals surface area contributed by atoms with Crippen molar-refractivity contribution in [1.29, 1.82) is 0 Å². The molecule has 2 aromatic heterocycles. The zero-order valence-electron chi connectivity index (χ0n) is 10.6. The Morgan fingerprint density at radius 3 is 2.82 bits per heavy atom. The zero-order valence-corrected chi connectivity index (χ0v) is 11.4. The van der Waals surface area contributed by atoms with Crippen molar-refractivity contribution in [3.63, 3.8) is 0 Å². The maximum absolute atomic E-state index is 4.33. The number of thiophene rings is 1. The van der Waals surface area contributed by atoms with Gasteiger partial charge in [-0.1, -0.05) is 19.9 Å². The molecule has 0 bridgehead atoms. The molecule has 92 valence electrons. The third-order valence-corrected chi connectivity index (χ3v) is 3.87. The fourth-order valence-electron chi connectivity index (χ4n) is 1.90. The standard InChI is InChI=1S/C13H19N3S/c1-10(2)13(11-5-4-8-17-11)15-9-12-14-6-7-16(12)3/h4-8,10,13,15H,9H2,1-3H3. The second kappa shape index (κ2) is 5.47. The highest BCUT2D eigenvalue weighted by atomic mass is 32.1. The predicted octanol–water partition coefficient (Wildman–Crippen LogP) is 2.97. The normalized spacial score (nSPS) is 13.2. The molecular formula is C13H19N3S. The van der Waals surface area contributed by atoms with E-state index < -0.39 is 0 Å². The van der Waals surface area contributed by atoms with Crippen molar-refractivity contribution in [3.8, 4) is 0 Å². The summed E-state index contributed by atoms with van der Waals surface area (Å²) in [7, 11) is 2.03. The number of hydrogen-bond acceptors (Lipinski definition) is 3. The molecule has 0 saturated heterocycles. The van der Waals surface area contributed by atoms with E-state index in [1.165, 1.54) is 4.88 Å². The molecule has 1 unspecified atom stereocenters. The van der Waals surface area contributed by atoms with E-state index >= 15 is 0 Å². The minimum absolute atomic E-state index is 0.409. The molecule has 2 heterocycles. The minimum Gasteiger partial charge on any atom is -0.337 e. The molecule has 1 N–H and O–H groups in total. The van der Waals surface area contributed by atoms with Gasteiger partial charge in [0.2, 0.25) is 0 Å². The van der Waals surface area contributed by atoms with Crippen molar-refractivity contribution in [2.24, 2.45) is 13.0 Å². The van der Waals surface area contributed by atoms with E-state index in [0.717, 1.165) is 12.4 Å². The third-order valence-electron chi connectivity index (χ3n) is 2.92. The third kappa shape index (κ3) is 2.96. The van der Waals surface area contributed by atoms with Crippen LogP contribution >= 0.6 is 11.3 Å². The van der Waals surface area contributed by atoms with E-state index in [4.69, 9.17) is 0 Å². The van der Waals surface area contributed by atoms with Crippen molar-refractivity contribution in [3.05, 3.63) is 40.6 Å². The Kier molecular flexibility index (Phi) is 3.97. The summed E-state index contributed by atoms with van der Waals surface area (Å²) in [4.78, 5) is 5.73. The van der Waals surface area contributed by atoms with Crippen LogP contribution in [0.15, 0.2) is 29.9 Å². The quantitative estimate of drug-likeness (QED) is 0.883. The van der Waals surface area contributed by atoms with Crippen molar-refractivity contribution < 1.29 is 0 Å². The fourth-order valence-corrected chi connectivity index (χ4v) is 2.87. The van der Waals surface area contributed by atoms with Crippen LogP contribution in [0.4, 0.5) is 0 Å². The first kappa shape index (κ1) is 12.3. The van der Waals surface area contributed by atoms with E-state index in [-0.39, 0.29) is 0 Å².